The highest BCUT2D eigenvalue weighted by atomic mass is 32.2. The fourth-order valence-electron chi connectivity index (χ4n) is 1.86. The maximum Gasteiger partial charge on any atom is 0.247 e. The minimum Gasteiger partial charge on any atom is -0.396 e. The van der Waals surface area contributed by atoms with Crippen molar-refractivity contribution in [3.8, 4) is 0 Å². The van der Waals surface area contributed by atoms with E-state index in [2.05, 4.69) is 9.97 Å². The van der Waals surface area contributed by atoms with E-state index in [1.54, 1.807) is 0 Å². The van der Waals surface area contributed by atoms with E-state index in [1.165, 1.54) is 0 Å². The standard InChI is InChI=1S/C13H23N3O2S/c1-6-7-19(17,18)13-15-11(8(2)3)10(14)12(16-13)9(4)5/h8-9H,6-7,14H2,1-5H3. The molecule has 0 aromatic carbocycles. The SMILES string of the molecule is CCCS(=O)(=O)c1nc(C(C)C)c(N)c(C(C)C)n1. The van der Waals surface area contributed by atoms with Gasteiger partial charge in [0.15, 0.2) is 0 Å². The van der Waals surface area contributed by atoms with Crippen LogP contribution in [0.15, 0.2) is 5.16 Å². The highest BCUT2D eigenvalue weighted by Gasteiger charge is 2.23. The summed E-state index contributed by atoms with van der Waals surface area (Å²) >= 11 is 0. The fraction of sp³-hybridized carbons (Fsp3) is 0.692. The van der Waals surface area contributed by atoms with Crippen molar-refractivity contribution >= 4 is 15.5 Å². The van der Waals surface area contributed by atoms with Crippen LogP contribution in [0.1, 0.15) is 64.3 Å². The Morgan fingerprint density at radius 1 is 1.05 bits per heavy atom. The maximum atomic E-state index is 12.1. The summed E-state index contributed by atoms with van der Waals surface area (Å²) in [6.07, 6.45) is 0.546. The van der Waals surface area contributed by atoms with Crippen LogP contribution in [-0.4, -0.2) is 24.1 Å². The quantitative estimate of drug-likeness (QED) is 0.840. The second-order valence-corrected chi connectivity index (χ2v) is 7.32. The maximum absolute atomic E-state index is 12.1. The molecule has 0 unspecified atom stereocenters. The molecule has 0 bridgehead atoms. The van der Waals surface area contributed by atoms with Gasteiger partial charge in [-0.15, -0.1) is 0 Å². The molecule has 1 rings (SSSR count). The number of rotatable bonds is 5. The van der Waals surface area contributed by atoms with Crippen LogP contribution >= 0.6 is 0 Å². The van der Waals surface area contributed by atoms with E-state index >= 15 is 0 Å². The Labute approximate surface area is 115 Å². The van der Waals surface area contributed by atoms with Crippen LogP contribution in [0.5, 0.6) is 0 Å². The van der Waals surface area contributed by atoms with E-state index in [9.17, 15) is 8.42 Å². The Bertz CT molecular complexity index is 522. The van der Waals surface area contributed by atoms with Gasteiger partial charge in [0.2, 0.25) is 15.0 Å². The third-order valence-corrected chi connectivity index (χ3v) is 4.51. The van der Waals surface area contributed by atoms with Crippen LogP contribution < -0.4 is 5.73 Å². The fourth-order valence-corrected chi connectivity index (χ4v) is 3.06. The van der Waals surface area contributed by atoms with E-state index in [1.807, 2.05) is 34.6 Å². The summed E-state index contributed by atoms with van der Waals surface area (Å²) in [6, 6.07) is 0. The smallest absolute Gasteiger partial charge is 0.247 e. The molecule has 0 aliphatic rings. The van der Waals surface area contributed by atoms with Crippen molar-refractivity contribution in [3.63, 3.8) is 0 Å². The van der Waals surface area contributed by atoms with Gasteiger partial charge < -0.3 is 5.73 Å². The van der Waals surface area contributed by atoms with Crippen molar-refractivity contribution in [2.75, 3.05) is 11.5 Å². The number of nitrogens with two attached hydrogens (primary N) is 1. The summed E-state index contributed by atoms with van der Waals surface area (Å²) in [6.45, 7) is 9.59. The van der Waals surface area contributed by atoms with Crippen LogP contribution in [0.4, 0.5) is 5.69 Å². The average molecular weight is 285 g/mol. The lowest BCUT2D eigenvalue weighted by Gasteiger charge is -2.16. The first kappa shape index (κ1) is 15.9. The summed E-state index contributed by atoms with van der Waals surface area (Å²) < 4.78 is 24.3. The van der Waals surface area contributed by atoms with E-state index in [0.29, 0.717) is 23.5 Å². The van der Waals surface area contributed by atoms with E-state index in [0.717, 1.165) is 0 Å². The molecule has 6 heteroatoms. The minimum absolute atomic E-state index is 0.0615. The molecule has 1 aromatic rings. The number of nitrogens with zero attached hydrogens (tertiary/aromatic N) is 2. The molecular weight excluding hydrogens is 262 g/mol. The number of hydrogen-bond acceptors (Lipinski definition) is 5. The van der Waals surface area contributed by atoms with Gasteiger partial charge in [0, 0.05) is 0 Å². The Morgan fingerprint density at radius 3 is 1.79 bits per heavy atom. The second kappa shape index (κ2) is 5.86. The Morgan fingerprint density at radius 2 is 1.47 bits per heavy atom. The van der Waals surface area contributed by atoms with Crippen LogP contribution in [0, 0.1) is 0 Å². The van der Waals surface area contributed by atoms with Crippen LogP contribution in [0.2, 0.25) is 0 Å². The van der Waals surface area contributed by atoms with Crippen molar-refractivity contribution in [1.82, 2.24) is 9.97 Å². The normalized spacial score (nSPS) is 12.4. The third kappa shape index (κ3) is 3.43. The van der Waals surface area contributed by atoms with Crippen LogP contribution in [0.25, 0.3) is 0 Å². The number of anilines is 1. The van der Waals surface area contributed by atoms with Gasteiger partial charge in [-0.2, -0.15) is 0 Å². The molecule has 0 aliphatic carbocycles. The molecule has 0 atom stereocenters. The predicted octanol–water partition coefficient (Wildman–Crippen LogP) is 2.49. The Hall–Kier alpha value is -1.17. The summed E-state index contributed by atoms with van der Waals surface area (Å²) in [4.78, 5) is 8.36. The lowest BCUT2D eigenvalue weighted by molar-refractivity contribution is 0.581. The predicted molar refractivity (Wildman–Crippen MR) is 77.0 cm³/mol. The Balaban J connectivity index is 3.52. The molecular formula is C13H23N3O2S. The van der Waals surface area contributed by atoms with Gasteiger partial charge in [-0.1, -0.05) is 34.6 Å². The van der Waals surface area contributed by atoms with Gasteiger partial charge in [0.1, 0.15) is 0 Å². The van der Waals surface area contributed by atoms with Gasteiger partial charge >= 0.3 is 0 Å². The van der Waals surface area contributed by atoms with Crippen molar-refractivity contribution in [3.05, 3.63) is 11.4 Å². The summed E-state index contributed by atoms with van der Waals surface area (Å²) in [5.41, 5.74) is 7.80. The molecule has 0 saturated carbocycles. The zero-order valence-corrected chi connectivity index (χ0v) is 13.1. The zero-order chi connectivity index (χ0) is 14.8. The third-order valence-electron chi connectivity index (χ3n) is 2.83. The summed E-state index contributed by atoms with van der Waals surface area (Å²) in [7, 11) is -3.42. The molecule has 0 spiro atoms. The average Bonchev–Trinajstić information content (AvgIpc) is 2.27. The van der Waals surface area contributed by atoms with Crippen LogP contribution in [-0.2, 0) is 9.84 Å². The summed E-state index contributed by atoms with van der Waals surface area (Å²) in [5.74, 6) is 0.193. The first-order chi connectivity index (χ1) is 8.70. The van der Waals surface area contributed by atoms with Gasteiger partial charge in [0.05, 0.1) is 22.8 Å². The molecule has 0 radical (unpaired) electrons. The molecule has 1 heterocycles. The zero-order valence-electron chi connectivity index (χ0n) is 12.3. The molecule has 0 saturated heterocycles. The first-order valence-corrected chi connectivity index (χ1v) is 8.26. The van der Waals surface area contributed by atoms with E-state index in [4.69, 9.17) is 5.73 Å². The van der Waals surface area contributed by atoms with Gasteiger partial charge in [-0.3, -0.25) is 0 Å². The minimum atomic E-state index is -3.42. The molecule has 0 fully saturated rings. The Kier molecular flexibility index (Phi) is 4.90. The van der Waals surface area contributed by atoms with Crippen LogP contribution in [0.3, 0.4) is 0 Å². The van der Waals surface area contributed by atoms with Gasteiger partial charge in [0.25, 0.3) is 0 Å². The summed E-state index contributed by atoms with van der Waals surface area (Å²) in [5, 5.41) is -0.0871. The number of nitrogen functional groups attached to an aromatic ring is 1. The first-order valence-electron chi connectivity index (χ1n) is 6.60. The topological polar surface area (TPSA) is 85.9 Å². The van der Waals surface area contributed by atoms with Gasteiger partial charge in [-0.25, -0.2) is 18.4 Å². The molecule has 19 heavy (non-hydrogen) atoms. The molecule has 2 N–H and O–H groups in total. The number of aromatic nitrogens is 2. The highest BCUT2D eigenvalue weighted by molar-refractivity contribution is 7.91. The van der Waals surface area contributed by atoms with Crippen molar-refractivity contribution in [2.24, 2.45) is 0 Å². The van der Waals surface area contributed by atoms with Gasteiger partial charge in [-0.05, 0) is 18.3 Å². The number of hydrogen-bond donors (Lipinski definition) is 1. The lowest BCUT2D eigenvalue weighted by Crippen LogP contribution is -2.17. The van der Waals surface area contributed by atoms with E-state index < -0.39 is 9.84 Å². The molecule has 108 valence electrons. The van der Waals surface area contributed by atoms with Crippen molar-refractivity contribution < 1.29 is 8.42 Å². The lowest BCUT2D eigenvalue weighted by atomic mass is 10.0. The highest BCUT2D eigenvalue weighted by Crippen LogP contribution is 2.28. The van der Waals surface area contributed by atoms with Crippen molar-refractivity contribution in [2.45, 2.75) is 58.0 Å². The molecule has 5 nitrogen and oxygen atoms in total. The molecule has 0 aliphatic heterocycles. The second-order valence-electron chi connectivity index (χ2n) is 5.32. The number of sulfone groups is 1. The largest absolute Gasteiger partial charge is 0.396 e. The molecule has 0 amide bonds. The van der Waals surface area contributed by atoms with Crippen molar-refractivity contribution in [1.29, 1.82) is 0 Å². The molecule has 1 aromatic heterocycles. The monoisotopic (exact) mass is 285 g/mol. The van der Waals surface area contributed by atoms with E-state index in [-0.39, 0.29) is 22.7 Å².